The fourth-order valence-electron chi connectivity index (χ4n) is 2.13. The maximum atomic E-state index is 12.3. The van der Waals surface area contributed by atoms with Gasteiger partial charge < -0.3 is 0 Å². The molecule has 1 aliphatic heterocycles. The van der Waals surface area contributed by atoms with Crippen molar-refractivity contribution in [1.29, 1.82) is 0 Å². The molecule has 19 heavy (non-hydrogen) atoms. The van der Waals surface area contributed by atoms with Crippen LogP contribution in [0, 0.1) is 0 Å². The van der Waals surface area contributed by atoms with Crippen LogP contribution < -0.4 is 0 Å². The summed E-state index contributed by atoms with van der Waals surface area (Å²) < 4.78 is 1.41. The largest absolute Gasteiger partial charge is 0.268 e. The number of hydrogen-bond donors (Lipinski definition) is 0. The molecule has 0 radical (unpaired) electrons. The Balaban J connectivity index is 2.06. The van der Waals surface area contributed by atoms with Gasteiger partial charge in [-0.2, -0.15) is 5.10 Å². The van der Waals surface area contributed by atoms with Crippen LogP contribution >= 0.6 is 0 Å². The smallest absolute Gasteiger partial charge is 0.263 e. The molecule has 1 aliphatic rings. The first-order chi connectivity index (χ1) is 9.24. The summed E-state index contributed by atoms with van der Waals surface area (Å²) in [6.07, 6.45) is 3.59. The minimum atomic E-state index is -0.671. The number of amides is 2. The minimum Gasteiger partial charge on any atom is -0.268 e. The Bertz CT molecular complexity index is 628. The van der Waals surface area contributed by atoms with Crippen LogP contribution in [0.3, 0.4) is 0 Å². The molecule has 1 aromatic heterocycles. The Hall–Kier alpha value is -2.76. The number of imide groups is 1. The predicted octanol–water partition coefficient (Wildman–Crippen LogP) is 1.26. The van der Waals surface area contributed by atoms with E-state index in [0.717, 1.165) is 4.90 Å². The van der Waals surface area contributed by atoms with Crippen molar-refractivity contribution in [3.8, 4) is 0 Å². The van der Waals surface area contributed by atoms with Crippen molar-refractivity contribution in [2.45, 2.75) is 6.17 Å². The SMILES string of the molecule is C=CC(N1C(=O)c2ccccc2C1=O)n1cncn1. The molecule has 1 unspecified atom stereocenters. The maximum Gasteiger partial charge on any atom is 0.263 e. The Morgan fingerprint density at radius 3 is 2.26 bits per heavy atom. The third kappa shape index (κ3) is 1.57. The van der Waals surface area contributed by atoms with E-state index in [4.69, 9.17) is 0 Å². The topological polar surface area (TPSA) is 68.1 Å². The highest BCUT2D eigenvalue weighted by atomic mass is 16.2. The maximum absolute atomic E-state index is 12.3. The molecule has 2 amide bonds. The fourth-order valence-corrected chi connectivity index (χ4v) is 2.13. The van der Waals surface area contributed by atoms with E-state index < -0.39 is 6.17 Å². The molecular formula is C13H10N4O2. The van der Waals surface area contributed by atoms with Crippen LogP contribution in [0.15, 0.2) is 49.6 Å². The lowest BCUT2D eigenvalue weighted by atomic mass is 10.1. The number of nitrogens with zero attached hydrogens (tertiary/aromatic N) is 4. The van der Waals surface area contributed by atoms with Gasteiger partial charge >= 0.3 is 0 Å². The summed E-state index contributed by atoms with van der Waals surface area (Å²) in [5.41, 5.74) is 0.805. The van der Waals surface area contributed by atoms with Gasteiger partial charge in [-0.1, -0.05) is 18.7 Å². The Labute approximate surface area is 109 Å². The number of hydrogen-bond acceptors (Lipinski definition) is 4. The summed E-state index contributed by atoms with van der Waals surface area (Å²) in [6.45, 7) is 3.66. The van der Waals surface area contributed by atoms with Crippen molar-refractivity contribution in [1.82, 2.24) is 19.7 Å². The molecule has 6 heteroatoms. The van der Waals surface area contributed by atoms with Gasteiger partial charge in [0.05, 0.1) is 11.1 Å². The summed E-state index contributed by atoms with van der Waals surface area (Å²) >= 11 is 0. The van der Waals surface area contributed by atoms with Crippen LogP contribution in [0.5, 0.6) is 0 Å². The predicted molar refractivity (Wildman–Crippen MR) is 66.2 cm³/mol. The number of aromatic nitrogens is 3. The Kier molecular flexibility index (Phi) is 2.49. The zero-order chi connectivity index (χ0) is 13.4. The molecule has 3 rings (SSSR count). The average Bonchev–Trinajstić information content (AvgIpc) is 3.04. The van der Waals surface area contributed by atoms with E-state index in [2.05, 4.69) is 16.7 Å². The Morgan fingerprint density at radius 1 is 1.16 bits per heavy atom. The first kappa shape index (κ1) is 11.3. The van der Waals surface area contributed by atoms with Gasteiger partial charge in [-0.3, -0.25) is 9.59 Å². The van der Waals surface area contributed by atoms with Gasteiger partial charge in [0.1, 0.15) is 12.7 Å². The second-order valence-electron chi connectivity index (χ2n) is 4.05. The van der Waals surface area contributed by atoms with Crippen molar-refractivity contribution >= 4 is 11.8 Å². The first-order valence-electron chi connectivity index (χ1n) is 5.67. The molecule has 0 aliphatic carbocycles. The molecule has 0 fully saturated rings. The van der Waals surface area contributed by atoms with Gasteiger partial charge in [0.15, 0.2) is 6.17 Å². The molecule has 0 saturated carbocycles. The van der Waals surface area contributed by atoms with Crippen LogP contribution in [0.2, 0.25) is 0 Å². The van der Waals surface area contributed by atoms with E-state index in [-0.39, 0.29) is 11.8 Å². The van der Waals surface area contributed by atoms with Crippen LogP contribution in [0.1, 0.15) is 26.9 Å². The number of carbonyl (C=O) groups is 2. The highest BCUT2D eigenvalue weighted by Gasteiger charge is 2.39. The molecule has 0 saturated heterocycles. The molecule has 0 bridgehead atoms. The van der Waals surface area contributed by atoms with E-state index in [9.17, 15) is 9.59 Å². The van der Waals surface area contributed by atoms with E-state index in [1.165, 1.54) is 23.4 Å². The number of benzene rings is 1. The number of carbonyl (C=O) groups excluding carboxylic acids is 2. The molecule has 2 heterocycles. The van der Waals surface area contributed by atoms with E-state index >= 15 is 0 Å². The van der Waals surface area contributed by atoms with E-state index in [1.807, 2.05) is 0 Å². The van der Waals surface area contributed by atoms with Crippen molar-refractivity contribution in [3.63, 3.8) is 0 Å². The monoisotopic (exact) mass is 254 g/mol. The molecule has 94 valence electrons. The zero-order valence-corrected chi connectivity index (χ0v) is 9.93. The molecule has 1 aromatic carbocycles. The van der Waals surface area contributed by atoms with Crippen LogP contribution in [-0.2, 0) is 0 Å². The van der Waals surface area contributed by atoms with Gasteiger partial charge in [-0.25, -0.2) is 14.6 Å². The van der Waals surface area contributed by atoms with Gasteiger partial charge in [0.2, 0.25) is 0 Å². The van der Waals surface area contributed by atoms with Gasteiger partial charge in [-0.05, 0) is 18.2 Å². The molecule has 1 atom stereocenters. The van der Waals surface area contributed by atoms with Crippen molar-refractivity contribution in [3.05, 3.63) is 60.7 Å². The minimum absolute atomic E-state index is 0.346. The third-order valence-electron chi connectivity index (χ3n) is 3.01. The fraction of sp³-hybridized carbons (Fsp3) is 0.0769. The summed E-state index contributed by atoms with van der Waals surface area (Å²) in [6, 6.07) is 6.73. The number of fused-ring (bicyclic) bond motifs is 1. The molecule has 0 N–H and O–H groups in total. The second kappa shape index (κ2) is 4.16. The van der Waals surface area contributed by atoms with Gasteiger partial charge in [-0.15, -0.1) is 0 Å². The lowest BCUT2D eigenvalue weighted by Gasteiger charge is -2.22. The third-order valence-corrected chi connectivity index (χ3v) is 3.01. The van der Waals surface area contributed by atoms with Gasteiger partial charge in [0, 0.05) is 0 Å². The second-order valence-corrected chi connectivity index (χ2v) is 4.05. The molecule has 0 spiro atoms. The zero-order valence-electron chi connectivity index (χ0n) is 9.93. The standard InChI is InChI=1S/C13H10N4O2/c1-2-11(16-8-14-7-15-16)17-12(18)9-5-3-4-6-10(9)13(17)19/h2-8,11H,1H2. The van der Waals surface area contributed by atoms with Crippen LogP contribution in [-0.4, -0.2) is 31.5 Å². The molecule has 2 aromatic rings. The van der Waals surface area contributed by atoms with Crippen LogP contribution in [0.4, 0.5) is 0 Å². The lowest BCUT2D eigenvalue weighted by Crippen LogP contribution is -2.36. The van der Waals surface area contributed by atoms with Crippen molar-refractivity contribution in [2.24, 2.45) is 0 Å². The average molecular weight is 254 g/mol. The molecule has 6 nitrogen and oxygen atoms in total. The highest BCUT2D eigenvalue weighted by Crippen LogP contribution is 2.28. The summed E-state index contributed by atoms with van der Waals surface area (Å²) in [7, 11) is 0. The summed E-state index contributed by atoms with van der Waals surface area (Å²) in [5, 5.41) is 3.95. The first-order valence-corrected chi connectivity index (χ1v) is 5.67. The van der Waals surface area contributed by atoms with Crippen LogP contribution in [0.25, 0.3) is 0 Å². The summed E-state index contributed by atoms with van der Waals surface area (Å²) in [4.78, 5) is 29.5. The molecular weight excluding hydrogens is 244 g/mol. The quantitative estimate of drug-likeness (QED) is 0.610. The highest BCUT2D eigenvalue weighted by molar-refractivity contribution is 6.21. The van der Waals surface area contributed by atoms with E-state index in [1.54, 1.807) is 24.3 Å². The van der Waals surface area contributed by atoms with E-state index in [0.29, 0.717) is 11.1 Å². The lowest BCUT2D eigenvalue weighted by molar-refractivity contribution is 0.0551. The normalized spacial score (nSPS) is 15.5. The van der Waals surface area contributed by atoms with Gasteiger partial charge in [0.25, 0.3) is 11.8 Å². The number of rotatable bonds is 3. The Morgan fingerprint density at radius 2 is 1.79 bits per heavy atom. The summed E-state index contributed by atoms with van der Waals surface area (Å²) in [5.74, 6) is -0.693. The van der Waals surface area contributed by atoms with Crippen molar-refractivity contribution in [2.75, 3.05) is 0 Å². The van der Waals surface area contributed by atoms with Crippen molar-refractivity contribution < 1.29 is 9.59 Å².